The molecule has 0 aliphatic heterocycles. The van der Waals surface area contributed by atoms with E-state index in [2.05, 4.69) is 15.5 Å². The fourth-order valence-electron chi connectivity index (χ4n) is 1.57. The first-order chi connectivity index (χ1) is 9.77. The smallest absolute Gasteiger partial charge is 0.320 e. The van der Waals surface area contributed by atoms with Crippen LogP contribution in [0.5, 0.6) is 0 Å². The van der Waals surface area contributed by atoms with Crippen molar-refractivity contribution in [2.24, 2.45) is 0 Å². The number of nitrogens with one attached hydrogen (secondary N) is 1. The lowest BCUT2D eigenvalue weighted by molar-refractivity contribution is -0.136. The van der Waals surface area contributed by atoms with Crippen molar-refractivity contribution >= 4 is 23.2 Å². The Morgan fingerprint density at radius 1 is 1.19 bits per heavy atom. The number of rotatable bonds is 2. The molecule has 0 bridgehead atoms. The number of hydrogen-bond donors (Lipinski definition) is 1. The molecule has 1 amide bonds. The number of anilines is 1. The molecule has 0 fully saturated rings. The molecule has 0 unspecified atom stereocenters. The molecule has 1 heterocycles. The van der Waals surface area contributed by atoms with Crippen LogP contribution in [0.3, 0.4) is 0 Å². The lowest BCUT2D eigenvalue weighted by Crippen LogP contribution is -2.18. The molecule has 21 heavy (non-hydrogen) atoms. The largest absolute Gasteiger partial charge is 0.418 e. The maximum atomic E-state index is 12.9. The third-order valence-electron chi connectivity index (χ3n) is 2.57. The molecule has 1 aromatic heterocycles. The number of nitrogens with zero attached hydrogens (tertiary/aromatic N) is 2. The molecule has 1 aromatic carbocycles. The quantitative estimate of drug-likeness (QED) is 0.919. The van der Waals surface area contributed by atoms with Crippen molar-refractivity contribution in [1.29, 1.82) is 0 Å². The van der Waals surface area contributed by atoms with Crippen LogP contribution in [0.2, 0.25) is 5.02 Å². The van der Waals surface area contributed by atoms with Gasteiger partial charge in [-0.3, -0.25) is 4.79 Å². The Morgan fingerprint density at radius 3 is 2.48 bits per heavy atom. The molecule has 0 saturated carbocycles. The van der Waals surface area contributed by atoms with Gasteiger partial charge in [-0.2, -0.15) is 18.3 Å². The van der Waals surface area contributed by atoms with Gasteiger partial charge in [0, 0.05) is 5.02 Å². The summed E-state index contributed by atoms with van der Waals surface area (Å²) in [6.45, 7) is 1.68. The van der Waals surface area contributed by atoms with E-state index in [-0.39, 0.29) is 16.4 Å². The number of aryl methyl sites for hydroxylation is 1. The number of benzene rings is 1. The van der Waals surface area contributed by atoms with Crippen molar-refractivity contribution in [3.63, 3.8) is 0 Å². The Hall–Kier alpha value is -2.15. The van der Waals surface area contributed by atoms with E-state index in [0.717, 1.165) is 12.1 Å². The highest BCUT2D eigenvalue weighted by molar-refractivity contribution is 6.30. The van der Waals surface area contributed by atoms with Crippen LogP contribution in [0.25, 0.3) is 0 Å². The minimum absolute atomic E-state index is 0.0737. The molecular formula is C13H9ClF3N3O. The number of alkyl halides is 3. The topological polar surface area (TPSA) is 54.9 Å². The number of carbonyl (C=O) groups is 1. The first-order valence-corrected chi connectivity index (χ1v) is 6.13. The van der Waals surface area contributed by atoms with Crippen molar-refractivity contribution < 1.29 is 18.0 Å². The Balaban J connectivity index is 2.31. The average molecular weight is 316 g/mol. The third-order valence-corrected chi connectivity index (χ3v) is 2.80. The number of amides is 1. The monoisotopic (exact) mass is 315 g/mol. The Bertz CT molecular complexity index is 671. The second-order valence-electron chi connectivity index (χ2n) is 4.20. The summed E-state index contributed by atoms with van der Waals surface area (Å²) in [4.78, 5) is 11.9. The minimum Gasteiger partial charge on any atom is -0.320 e. The molecule has 2 rings (SSSR count). The van der Waals surface area contributed by atoms with Crippen LogP contribution >= 0.6 is 11.6 Å². The van der Waals surface area contributed by atoms with Crippen molar-refractivity contribution in [3.8, 4) is 0 Å². The summed E-state index contributed by atoms with van der Waals surface area (Å²) < 4.78 is 38.7. The highest BCUT2D eigenvalue weighted by Gasteiger charge is 2.34. The van der Waals surface area contributed by atoms with Crippen LogP contribution in [0.15, 0.2) is 30.3 Å². The van der Waals surface area contributed by atoms with Gasteiger partial charge >= 0.3 is 6.18 Å². The first-order valence-electron chi connectivity index (χ1n) is 5.76. The van der Waals surface area contributed by atoms with Crippen molar-refractivity contribution in [1.82, 2.24) is 10.2 Å². The van der Waals surface area contributed by atoms with Gasteiger partial charge in [-0.15, -0.1) is 5.10 Å². The van der Waals surface area contributed by atoms with Crippen molar-refractivity contribution in [2.75, 3.05) is 5.32 Å². The summed E-state index contributed by atoms with van der Waals surface area (Å²) in [5.41, 5.74) is -0.902. The Kier molecular flexibility index (Phi) is 4.13. The van der Waals surface area contributed by atoms with Gasteiger partial charge in [-0.25, -0.2) is 0 Å². The zero-order valence-corrected chi connectivity index (χ0v) is 11.5. The van der Waals surface area contributed by atoms with E-state index < -0.39 is 17.6 Å². The normalized spacial score (nSPS) is 11.3. The Labute approximate surface area is 123 Å². The standard InChI is InChI=1S/C13H9ClF3N3O/c1-7-2-4-11(20-19-7)12(21)18-10-5-3-8(14)6-9(10)13(15,16)17/h2-6H,1H3,(H,18,21). The Morgan fingerprint density at radius 2 is 1.90 bits per heavy atom. The summed E-state index contributed by atoms with van der Waals surface area (Å²) in [6.07, 6.45) is -4.63. The molecule has 1 N–H and O–H groups in total. The lowest BCUT2D eigenvalue weighted by atomic mass is 10.1. The predicted molar refractivity (Wildman–Crippen MR) is 71.2 cm³/mol. The molecule has 2 aromatic rings. The van der Waals surface area contributed by atoms with E-state index in [0.29, 0.717) is 5.69 Å². The maximum Gasteiger partial charge on any atom is 0.418 e. The molecule has 4 nitrogen and oxygen atoms in total. The van der Waals surface area contributed by atoms with Crippen LogP contribution in [-0.4, -0.2) is 16.1 Å². The molecule has 110 valence electrons. The molecule has 0 atom stereocenters. The SMILES string of the molecule is Cc1ccc(C(=O)Nc2ccc(Cl)cc2C(F)(F)F)nn1. The van der Waals surface area contributed by atoms with E-state index in [1.165, 1.54) is 18.2 Å². The predicted octanol–water partition coefficient (Wildman–Crippen LogP) is 3.71. The summed E-state index contributed by atoms with van der Waals surface area (Å²) >= 11 is 5.56. The van der Waals surface area contributed by atoms with Crippen molar-refractivity contribution in [2.45, 2.75) is 13.1 Å². The van der Waals surface area contributed by atoms with Gasteiger partial charge in [0.2, 0.25) is 0 Å². The second kappa shape index (κ2) is 5.69. The van der Waals surface area contributed by atoms with Gasteiger partial charge in [-0.1, -0.05) is 11.6 Å². The van der Waals surface area contributed by atoms with Gasteiger partial charge in [0.15, 0.2) is 5.69 Å². The molecule has 8 heteroatoms. The zero-order valence-electron chi connectivity index (χ0n) is 10.7. The maximum absolute atomic E-state index is 12.9. The van der Waals surface area contributed by atoms with Gasteiger partial charge in [0.25, 0.3) is 5.91 Å². The van der Waals surface area contributed by atoms with Gasteiger partial charge in [-0.05, 0) is 37.3 Å². The average Bonchev–Trinajstić information content (AvgIpc) is 2.40. The summed E-state index contributed by atoms with van der Waals surface area (Å²) in [5.74, 6) is -0.782. The van der Waals surface area contributed by atoms with Crippen LogP contribution in [0, 0.1) is 6.92 Å². The highest BCUT2D eigenvalue weighted by Crippen LogP contribution is 2.36. The van der Waals surface area contributed by atoms with Crippen LogP contribution in [-0.2, 0) is 6.18 Å². The van der Waals surface area contributed by atoms with E-state index in [4.69, 9.17) is 11.6 Å². The third kappa shape index (κ3) is 3.69. The number of hydrogen-bond acceptors (Lipinski definition) is 3. The molecule has 0 radical (unpaired) electrons. The molecule has 0 aliphatic carbocycles. The van der Waals surface area contributed by atoms with Crippen LogP contribution in [0.4, 0.5) is 18.9 Å². The summed E-state index contributed by atoms with van der Waals surface area (Å²) in [5, 5.41) is 9.37. The zero-order chi connectivity index (χ0) is 15.6. The summed E-state index contributed by atoms with van der Waals surface area (Å²) in [6, 6.07) is 6.01. The second-order valence-corrected chi connectivity index (χ2v) is 4.64. The number of carbonyl (C=O) groups excluding carboxylic acids is 1. The summed E-state index contributed by atoms with van der Waals surface area (Å²) in [7, 11) is 0. The number of halogens is 4. The van der Waals surface area contributed by atoms with Crippen LogP contribution < -0.4 is 5.32 Å². The van der Waals surface area contributed by atoms with Crippen molar-refractivity contribution in [3.05, 3.63) is 52.3 Å². The molecule has 0 spiro atoms. The van der Waals surface area contributed by atoms with E-state index in [1.54, 1.807) is 6.92 Å². The van der Waals surface area contributed by atoms with E-state index in [9.17, 15) is 18.0 Å². The van der Waals surface area contributed by atoms with Crippen LogP contribution in [0.1, 0.15) is 21.7 Å². The van der Waals surface area contributed by atoms with Gasteiger partial charge < -0.3 is 5.32 Å². The molecule has 0 aliphatic rings. The molecule has 0 saturated heterocycles. The lowest BCUT2D eigenvalue weighted by Gasteiger charge is -2.13. The number of aromatic nitrogens is 2. The fourth-order valence-corrected chi connectivity index (χ4v) is 1.74. The van der Waals surface area contributed by atoms with Gasteiger partial charge in [0.05, 0.1) is 16.9 Å². The van der Waals surface area contributed by atoms with E-state index >= 15 is 0 Å². The minimum atomic E-state index is -4.63. The van der Waals surface area contributed by atoms with Gasteiger partial charge in [0.1, 0.15) is 0 Å². The molecular weight excluding hydrogens is 307 g/mol. The first kappa shape index (κ1) is 15.2. The fraction of sp³-hybridized carbons (Fsp3) is 0.154. The highest BCUT2D eigenvalue weighted by atomic mass is 35.5. The van der Waals surface area contributed by atoms with E-state index in [1.807, 2.05) is 0 Å².